The molecule has 2 amide bonds. The van der Waals surface area contributed by atoms with Gasteiger partial charge in [0.2, 0.25) is 5.91 Å². The molecule has 3 N–H and O–H groups in total. The number of amides is 2. The van der Waals surface area contributed by atoms with Gasteiger partial charge in [-0.25, -0.2) is 4.98 Å². The van der Waals surface area contributed by atoms with Crippen LogP contribution >= 0.6 is 31.9 Å². The number of hydrogen-bond donors (Lipinski definition) is 3. The number of carbonyl (C=O) groups excluding carboxylic acids is 2. The second-order valence-corrected chi connectivity index (χ2v) is 11.4. The molecule has 2 unspecified atom stereocenters. The number of hydrogen-bond acceptors (Lipinski definition) is 3. The van der Waals surface area contributed by atoms with Crippen LogP contribution < -0.4 is 5.32 Å². The average Bonchev–Trinajstić information content (AvgIpc) is 3.41. The predicted molar refractivity (Wildman–Crippen MR) is 139 cm³/mol. The number of imidazole rings is 1. The number of fused-ring (bicyclic) bond motifs is 2. The Kier molecular flexibility index (Phi) is 6.84. The van der Waals surface area contributed by atoms with Crippen molar-refractivity contribution in [2.45, 2.75) is 57.9 Å². The number of nitrogens with zero attached hydrogens (tertiary/aromatic N) is 2. The minimum absolute atomic E-state index is 0.00363. The van der Waals surface area contributed by atoms with Crippen molar-refractivity contribution in [3.63, 3.8) is 0 Å². The molecule has 2 aliphatic rings. The van der Waals surface area contributed by atoms with Crippen molar-refractivity contribution in [2.75, 3.05) is 13.1 Å². The Morgan fingerprint density at radius 3 is 2.79 bits per heavy atom. The first-order valence-corrected chi connectivity index (χ1v) is 13.6. The van der Waals surface area contributed by atoms with E-state index in [1.165, 1.54) is 18.5 Å². The summed E-state index contributed by atoms with van der Waals surface area (Å²) in [7, 11) is 0. The van der Waals surface area contributed by atoms with Crippen molar-refractivity contribution in [3.05, 3.63) is 50.1 Å². The molecule has 7 nitrogen and oxygen atoms in total. The lowest BCUT2D eigenvalue weighted by Crippen LogP contribution is -2.48. The van der Waals surface area contributed by atoms with Gasteiger partial charge in [-0.3, -0.25) is 9.59 Å². The molecule has 1 fully saturated rings. The summed E-state index contributed by atoms with van der Waals surface area (Å²) in [5.41, 5.74) is 3.83. The van der Waals surface area contributed by atoms with Gasteiger partial charge in [-0.05, 0) is 85.5 Å². The molecule has 3 aromatic rings. The van der Waals surface area contributed by atoms with Crippen LogP contribution in [0.3, 0.4) is 0 Å². The summed E-state index contributed by atoms with van der Waals surface area (Å²) in [6.07, 6.45) is 6.58. The summed E-state index contributed by atoms with van der Waals surface area (Å²) >= 11 is 7.08. The third-order valence-electron chi connectivity index (χ3n) is 7.04. The minimum Gasteiger partial charge on any atom is -0.355 e. The fraction of sp³-hybridized carbons (Fsp3) is 0.480. The summed E-state index contributed by atoms with van der Waals surface area (Å²) < 4.78 is 1.88. The number of likely N-dealkylation sites (tertiary alicyclic amines) is 1. The van der Waals surface area contributed by atoms with E-state index in [1.807, 2.05) is 23.1 Å². The Morgan fingerprint density at radius 1 is 1.15 bits per heavy atom. The Morgan fingerprint density at radius 2 is 1.97 bits per heavy atom. The second kappa shape index (κ2) is 9.85. The quantitative estimate of drug-likeness (QED) is 0.395. The van der Waals surface area contributed by atoms with Gasteiger partial charge in [0.25, 0.3) is 5.91 Å². The standard InChI is InChI=1S/C25H29Br2N5O2/c1-14-6-7-15(12-28-23(33)11-22-29-19-4-2-3-5-20(19)30-22)13-32(14)25(34)21-9-16-8-17(26)10-18(27)24(16)31-21/h8-10,14-15,31H,2-7,11-13H2,1H3,(H,28,33)(H,29,30). The lowest BCUT2D eigenvalue weighted by atomic mass is 9.93. The van der Waals surface area contributed by atoms with E-state index in [2.05, 4.69) is 59.1 Å². The van der Waals surface area contributed by atoms with Gasteiger partial charge in [0.1, 0.15) is 11.5 Å². The van der Waals surface area contributed by atoms with Crippen LogP contribution in [0.5, 0.6) is 0 Å². The zero-order valence-corrected chi connectivity index (χ0v) is 22.4. The Balaban J connectivity index is 1.19. The van der Waals surface area contributed by atoms with Gasteiger partial charge in [0.05, 0.1) is 17.6 Å². The van der Waals surface area contributed by atoms with Crippen LogP contribution in [0.4, 0.5) is 0 Å². The number of halogens is 2. The van der Waals surface area contributed by atoms with E-state index >= 15 is 0 Å². The van der Waals surface area contributed by atoms with Crippen molar-refractivity contribution in [2.24, 2.45) is 5.92 Å². The molecular weight excluding hydrogens is 562 g/mol. The third-order valence-corrected chi connectivity index (χ3v) is 8.12. The first kappa shape index (κ1) is 23.6. The smallest absolute Gasteiger partial charge is 0.270 e. The minimum atomic E-state index is -0.0198. The van der Waals surface area contributed by atoms with Crippen LogP contribution in [0.25, 0.3) is 10.9 Å². The van der Waals surface area contributed by atoms with E-state index in [4.69, 9.17) is 0 Å². The summed E-state index contributed by atoms with van der Waals surface area (Å²) in [6, 6.07) is 6.04. The lowest BCUT2D eigenvalue weighted by molar-refractivity contribution is -0.120. The van der Waals surface area contributed by atoms with E-state index in [0.717, 1.165) is 57.0 Å². The van der Waals surface area contributed by atoms with Crippen LogP contribution in [-0.2, 0) is 24.1 Å². The number of H-pyrrole nitrogens is 2. The van der Waals surface area contributed by atoms with E-state index < -0.39 is 0 Å². The van der Waals surface area contributed by atoms with Crippen molar-refractivity contribution < 1.29 is 9.59 Å². The van der Waals surface area contributed by atoms with Crippen LogP contribution in [0.15, 0.2) is 27.1 Å². The zero-order valence-electron chi connectivity index (χ0n) is 19.2. The number of carbonyl (C=O) groups is 2. The van der Waals surface area contributed by atoms with Gasteiger partial charge in [-0.2, -0.15) is 0 Å². The van der Waals surface area contributed by atoms with Gasteiger partial charge < -0.3 is 20.2 Å². The van der Waals surface area contributed by atoms with Crippen LogP contribution in [0.1, 0.15) is 60.3 Å². The number of aromatic nitrogens is 3. The van der Waals surface area contributed by atoms with Crippen LogP contribution in [0, 0.1) is 5.92 Å². The lowest BCUT2D eigenvalue weighted by Gasteiger charge is -2.38. The highest BCUT2D eigenvalue weighted by molar-refractivity contribution is 9.11. The number of aryl methyl sites for hydroxylation is 2. The van der Waals surface area contributed by atoms with Crippen LogP contribution in [0.2, 0.25) is 0 Å². The summed E-state index contributed by atoms with van der Waals surface area (Å²) in [5, 5.41) is 4.06. The molecule has 180 valence electrons. The highest BCUT2D eigenvalue weighted by atomic mass is 79.9. The van der Waals surface area contributed by atoms with Crippen molar-refractivity contribution in [1.82, 2.24) is 25.2 Å². The fourth-order valence-corrected chi connectivity index (χ4v) is 6.49. The SMILES string of the molecule is CC1CCC(CNC(=O)Cc2nc3c([nH]2)CCCC3)CN1C(=O)c1cc2cc(Br)cc(Br)c2[nH]1. The summed E-state index contributed by atoms with van der Waals surface area (Å²) in [4.78, 5) is 39.1. The maximum Gasteiger partial charge on any atom is 0.270 e. The highest BCUT2D eigenvalue weighted by Gasteiger charge is 2.30. The zero-order chi connectivity index (χ0) is 23.8. The number of benzene rings is 1. The van der Waals surface area contributed by atoms with Gasteiger partial charge in [-0.15, -0.1) is 0 Å². The maximum atomic E-state index is 13.4. The molecule has 0 radical (unpaired) electrons. The van der Waals surface area contributed by atoms with Crippen molar-refractivity contribution in [1.29, 1.82) is 0 Å². The van der Waals surface area contributed by atoms with Crippen LogP contribution in [-0.4, -0.2) is 50.8 Å². The van der Waals surface area contributed by atoms with Gasteiger partial charge in [-0.1, -0.05) is 15.9 Å². The topological polar surface area (TPSA) is 93.9 Å². The van der Waals surface area contributed by atoms with E-state index in [1.54, 1.807) is 0 Å². The maximum absolute atomic E-state index is 13.4. The third kappa shape index (κ3) is 4.96. The summed E-state index contributed by atoms with van der Waals surface area (Å²) in [6.45, 7) is 3.30. The molecule has 5 rings (SSSR count). The van der Waals surface area contributed by atoms with E-state index in [-0.39, 0.29) is 30.2 Å². The molecule has 1 aromatic carbocycles. The van der Waals surface area contributed by atoms with Gasteiger partial charge in [0.15, 0.2) is 0 Å². The Hall–Kier alpha value is -2.13. The molecule has 1 aliphatic heterocycles. The monoisotopic (exact) mass is 589 g/mol. The Bertz CT molecular complexity index is 1210. The van der Waals surface area contributed by atoms with E-state index in [0.29, 0.717) is 18.8 Å². The molecule has 0 spiro atoms. The molecule has 2 atom stereocenters. The van der Waals surface area contributed by atoms with Crippen molar-refractivity contribution >= 4 is 54.6 Å². The Labute approximate surface area is 215 Å². The van der Waals surface area contributed by atoms with Gasteiger partial charge in [0, 0.05) is 39.2 Å². The fourth-order valence-electron chi connectivity index (χ4n) is 5.14. The molecule has 34 heavy (non-hydrogen) atoms. The number of aromatic amines is 2. The number of rotatable bonds is 5. The molecule has 9 heteroatoms. The molecule has 0 bridgehead atoms. The largest absolute Gasteiger partial charge is 0.355 e. The normalized spacial score (nSPS) is 20.4. The predicted octanol–water partition coefficient (Wildman–Crippen LogP) is 4.89. The molecule has 1 aliphatic carbocycles. The molecule has 0 saturated carbocycles. The molecule has 3 heterocycles. The van der Waals surface area contributed by atoms with E-state index in [9.17, 15) is 9.59 Å². The average molecular weight is 591 g/mol. The molecule has 2 aromatic heterocycles. The number of nitrogens with one attached hydrogen (secondary N) is 3. The summed E-state index contributed by atoms with van der Waals surface area (Å²) in [5.74, 6) is 0.979. The van der Waals surface area contributed by atoms with Crippen molar-refractivity contribution in [3.8, 4) is 0 Å². The highest BCUT2D eigenvalue weighted by Crippen LogP contribution is 2.30. The van der Waals surface area contributed by atoms with Gasteiger partial charge >= 0.3 is 0 Å². The molecule has 1 saturated heterocycles. The molecular formula is C25H29Br2N5O2. The number of piperidine rings is 1. The first-order chi connectivity index (χ1) is 16.4. The first-order valence-electron chi connectivity index (χ1n) is 12.0. The second-order valence-electron chi connectivity index (χ2n) is 9.58.